The van der Waals surface area contributed by atoms with Gasteiger partial charge in [0.05, 0.1) is 17.2 Å². The second-order valence-electron chi connectivity index (χ2n) is 6.52. The highest BCUT2D eigenvalue weighted by molar-refractivity contribution is 7.90. The second-order valence-corrected chi connectivity index (χ2v) is 8.15. The zero-order chi connectivity index (χ0) is 17.1. The first-order valence-electron chi connectivity index (χ1n) is 7.95. The van der Waals surface area contributed by atoms with E-state index < -0.39 is 15.6 Å². The van der Waals surface area contributed by atoms with Crippen LogP contribution < -0.4 is 0 Å². The maximum absolute atomic E-state index is 12.4. The number of rotatable bonds is 6. The molecular weight excluding hydrogens is 310 g/mol. The molecule has 4 nitrogen and oxygen atoms in total. The highest BCUT2D eigenvalue weighted by Gasteiger charge is 2.39. The van der Waals surface area contributed by atoms with E-state index in [2.05, 4.69) is 24.8 Å². The molecule has 1 aromatic carbocycles. The third-order valence-electron chi connectivity index (χ3n) is 4.22. The van der Waals surface area contributed by atoms with Gasteiger partial charge in [-0.25, -0.2) is 0 Å². The van der Waals surface area contributed by atoms with Crippen LogP contribution in [-0.2, 0) is 14.8 Å². The van der Waals surface area contributed by atoms with Gasteiger partial charge in [-0.3, -0.25) is 0 Å². The molecule has 0 saturated carbocycles. The van der Waals surface area contributed by atoms with E-state index in [4.69, 9.17) is 4.74 Å². The van der Waals surface area contributed by atoms with E-state index in [0.717, 1.165) is 18.4 Å². The number of sulfonamides is 1. The lowest BCUT2D eigenvalue weighted by Gasteiger charge is -2.25. The number of ether oxygens (including phenoxy) is 1. The van der Waals surface area contributed by atoms with Gasteiger partial charge in [0.15, 0.2) is 0 Å². The monoisotopic (exact) mass is 335 g/mol. The van der Waals surface area contributed by atoms with Gasteiger partial charge in [0.25, 0.3) is 10.0 Å². The predicted octanol–water partition coefficient (Wildman–Crippen LogP) is 3.90. The Balaban J connectivity index is 2.24. The molecule has 5 heteroatoms. The lowest BCUT2D eigenvalue weighted by molar-refractivity contribution is -0.0103. The van der Waals surface area contributed by atoms with Crippen LogP contribution in [0.15, 0.2) is 46.2 Å². The highest BCUT2D eigenvalue weighted by atomic mass is 32.2. The normalized spacial score (nSPS) is 25.3. The largest absolute Gasteiger partial charge is 0.365 e. The highest BCUT2D eigenvalue weighted by Crippen LogP contribution is 2.35. The molecule has 0 aliphatic carbocycles. The quantitative estimate of drug-likeness (QED) is 0.585. The van der Waals surface area contributed by atoms with Crippen molar-refractivity contribution in [3.8, 4) is 0 Å². The summed E-state index contributed by atoms with van der Waals surface area (Å²) in [4.78, 5) is 0.200. The minimum absolute atomic E-state index is 0.128. The molecule has 0 bridgehead atoms. The molecule has 0 radical (unpaired) electrons. The van der Waals surface area contributed by atoms with Gasteiger partial charge < -0.3 is 4.74 Å². The zero-order valence-corrected chi connectivity index (χ0v) is 14.8. The fourth-order valence-corrected chi connectivity index (χ4v) is 3.69. The molecule has 1 heterocycles. The summed E-state index contributed by atoms with van der Waals surface area (Å²) in [5, 5.41) is 0. The minimum Gasteiger partial charge on any atom is -0.365 e. The molecular formula is C18H25NO3S. The topological polar surface area (TPSA) is 55.7 Å². The summed E-state index contributed by atoms with van der Waals surface area (Å²) in [5.74, 6) is 0.392. The molecule has 2 atom stereocenters. The summed E-state index contributed by atoms with van der Waals surface area (Å²) in [6, 6.07) is 6.69. The molecule has 0 unspecified atom stereocenters. The fourth-order valence-electron chi connectivity index (χ4n) is 2.75. The molecule has 1 fully saturated rings. The molecule has 126 valence electrons. The maximum Gasteiger partial charge on any atom is 0.282 e. The SMILES string of the molecule is C=CC[C@@]1(/C=N/S(=O)(=O)c2ccc(C)cc2)CC[C@H](C(C)C)O1. The van der Waals surface area contributed by atoms with E-state index in [9.17, 15) is 8.42 Å². The molecule has 1 aliphatic heterocycles. The molecule has 0 N–H and O–H groups in total. The Kier molecular flexibility index (Phi) is 5.42. The van der Waals surface area contributed by atoms with Gasteiger partial charge in [0.1, 0.15) is 5.60 Å². The molecule has 23 heavy (non-hydrogen) atoms. The number of hydrogen-bond donors (Lipinski definition) is 0. The summed E-state index contributed by atoms with van der Waals surface area (Å²) >= 11 is 0. The van der Waals surface area contributed by atoms with Gasteiger partial charge in [0, 0.05) is 0 Å². The van der Waals surface area contributed by atoms with Gasteiger partial charge in [-0.15, -0.1) is 6.58 Å². The van der Waals surface area contributed by atoms with Crippen molar-refractivity contribution >= 4 is 16.2 Å². The number of aryl methyl sites for hydroxylation is 1. The maximum atomic E-state index is 12.4. The number of hydrogen-bond acceptors (Lipinski definition) is 3. The molecule has 0 spiro atoms. The third-order valence-corrected chi connectivity index (χ3v) is 5.47. The van der Waals surface area contributed by atoms with Crippen LogP contribution in [0.1, 0.15) is 38.7 Å². The Morgan fingerprint density at radius 2 is 2.04 bits per heavy atom. The smallest absolute Gasteiger partial charge is 0.282 e. The molecule has 0 amide bonds. The van der Waals surface area contributed by atoms with Crippen molar-refractivity contribution < 1.29 is 13.2 Å². The average Bonchev–Trinajstić information content (AvgIpc) is 2.91. The summed E-state index contributed by atoms with van der Waals surface area (Å²) < 4.78 is 34.8. The van der Waals surface area contributed by atoms with Crippen molar-refractivity contribution in [1.82, 2.24) is 0 Å². The van der Waals surface area contributed by atoms with E-state index in [1.54, 1.807) is 30.3 Å². The Bertz CT molecular complexity index is 677. The molecule has 1 saturated heterocycles. The Labute approximate surface area is 139 Å². The van der Waals surface area contributed by atoms with E-state index in [1.165, 1.54) is 6.21 Å². The van der Waals surface area contributed by atoms with E-state index in [0.29, 0.717) is 12.3 Å². The van der Waals surface area contributed by atoms with Gasteiger partial charge in [0.2, 0.25) is 0 Å². The van der Waals surface area contributed by atoms with Crippen molar-refractivity contribution in [3.63, 3.8) is 0 Å². The molecule has 2 rings (SSSR count). The first kappa shape index (κ1) is 17.9. The van der Waals surface area contributed by atoms with E-state index >= 15 is 0 Å². The Morgan fingerprint density at radius 3 is 2.57 bits per heavy atom. The molecule has 0 aromatic heterocycles. The van der Waals surface area contributed by atoms with Crippen molar-refractivity contribution in [3.05, 3.63) is 42.5 Å². The van der Waals surface area contributed by atoms with Crippen molar-refractivity contribution in [2.24, 2.45) is 10.3 Å². The average molecular weight is 335 g/mol. The lowest BCUT2D eigenvalue weighted by atomic mass is 9.96. The van der Waals surface area contributed by atoms with Gasteiger partial charge >= 0.3 is 0 Å². The standard InChI is InChI=1S/C18H25NO3S/c1-5-11-18(12-10-17(22-18)14(2)3)13-19-23(20,21)16-8-6-15(4)7-9-16/h5-9,13-14,17H,1,10-12H2,2-4H3/b19-13+/t17-,18+/m1/s1. The van der Waals surface area contributed by atoms with E-state index in [-0.39, 0.29) is 11.0 Å². The Morgan fingerprint density at radius 1 is 1.39 bits per heavy atom. The van der Waals surface area contributed by atoms with E-state index in [1.807, 2.05) is 6.92 Å². The summed E-state index contributed by atoms with van der Waals surface area (Å²) in [6.45, 7) is 9.89. The van der Waals surface area contributed by atoms with Crippen LogP contribution >= 0.6 is 0 Å². The van der Waals surface area contributed by atoms with Crippen molar-refractivity contribution in [1.29, 1.82) is 0 Å². The zero-order valence-electron chi connectivity index (χ0n) is 14.0. The summed E-state index contributed by atoms with van der Waals surface area (Å²) in [6.07, 6.45) is 5.57. The van der Waals surface area contributed by atoms with Crippen molar-refractivity contribution in [2.45, 2.75) is 56.6 Å². The first-order valence-corrected chi connectivity index (χ1v) is 9.39. The Hall–Kier alpha value is -1.46. The van der Waals surface area contributed by atoms with Crippen LogP contribution in [0.2, 0.25) is 0 Å². The van der Waals surface area contributed by atoms with Crippen LogP contribution in [0.25, 0.3) is 0 Å². The minimum atomic E-state index is -3.70. The van der Waals surface area contributed by atoms with Gasteiger partial charge in [-0.1, -0.05) is 37.6 Å². The van der Waals surface area contributed by atoms with Crippen LogP contribution in [0, 0.1) is 12.8 Å². The molecule has 1 aliphatic rings. The number of nitrogens with zero attached hydrogens (tertiary/aromatic N) is 1. The fraction of sp³-hybridized carbons (Fsp3) is 0.500. The van der Waals surface area contributed by atoms with Crippen LogP contribution in [0.3, 0.4) is 0 Å². The summed E-state index contributed by atoms with van der Waals surface area (Å²) in [5.41, 5.74) is 0.351. The van der Waals surface area contributed by atoms with Crippen LogP contribution in [-0.4, -0.2) is 26.3 Å². The first-order chi connectivity index (χ1) is 10.8. The third kappa shape index (κ3) is 4.30. The van der Waals surface area contributed by atoms with Gasteiger partial charge in [-0.05, 0) is 44.2 Å². The second kappa shape index (κ2) is 6.97. The predicted molar refractivity (Wildman–Crippen MR) is 93.3 cm³/mol. The summed E-state index contributed by atoms with van der Waals surface area (Å²) in [7, 11) is -3.70. The van der Waals surface area contributed by atoms with Crippen molar-refractivity contribution in [2.75, 3.05) is 0 Å². The molecule has 1 aromatic rings. The number of benzene rings is 1. The van der Waals surface area contributed by atoms with Gasteiger partial charge in [-0.2, -0.15) is 12.8 Å². The lowest BCUT2D eigenvalue weighted by Crippen LogP contribution is -2.32. The van der Waals surface area contributed by atoms with Crippen LogP contribution in [0.5, 0.6) is 0 Å². The van der Waals surface area contributed by atoms with Crippen LogP contribution in [0.4, 0.5) is 0 Å².